The molecule has 0 bridgehead atoms. The molecule has 1 aromatic carbocycles. The minimum atomic E-state index is -0.273. The highest BCUT2D eigenvalue weighted by Crippen LogP contribution is 2.28. The van der Waals surface area contributed by atoms with E-state index in [1.807, 2.05) is 0 Å². The molecule has 0 N–H and O–H groups in total. The van der Waals surface area contributed by atoms with Gasteiger partial charge < -0.3 is 4.90 Å². The van der Waals surface area contributed by atoms with Gasteiger partial charge in [-0.15, -0.1) is 10.2 Å². The van der Waals surface area contributed by atoms with Crippen LogP contribution in [-0.4, -0.2) is 39.6 Å². The third-order valence-corrected chi connectivity index (χ3v) is 5.79. The molecule has 0 aliphatic carbocycles. The Labute approximate surface area is 141 Å². The van der Waals surface area contributed by atoms with E-state index in [1.54, 1.807) is 35.8 Å². The van der Waals surface area contributed by atoms with E-state index >= 15 is 0 Å². The Bertz CT molecular complexity index is 618. The molecule has 4 nitrogen and oxygen atoms in total. The summed E-state index contributed by atoms with van der Waals surface area (Å²) in [6.07, 6.45) is 0. The number of benzene rings is 1. The number of hydrogen-bond acceptors (Lipinski definition) is 6. The van der Waals surface area contributed by atoms with Crippen molar-refractivity contribution < 1.29 is 9.18 Å². The van der Waals surface area contributed by atoms with Gasteiger partial charge in [0, 0.05) is 13.6 Å². The Hall–Kier alpha value is -1.12. The van der Waals surface area contributed by atoms with Gasteiger partial charge in [-0.05, 0) is 23.4 Å². The van der Waals surface area contributed by atoms with Crippen molar-refractivity contribution in [3.05, 3.63) is 35.6 Å². The van der Waals surface area contributed by atoms with E-state index < -0.39 is 0 Å². The molecule has 2 aromatic rings. The lowest BCUT2D eigenvalue weighted by molar-refractivity contribution is -0.127. The number of carbonyl (C=O) groups excluding carboxylic acids is 1. The molecule has 22 heavy (non-hydrogen) atoms. The fraction of sp³-hybridized carbons (Fsp3) is 0.357. The lowest BCUT2D eigenvalue weighted by Gasteiger charge is -2.16. The zero-order valence-electron chi connectivity index (χ0n) is 12.3. The first-order valence-corrected chi connectivity index (χ1v) is 9.44. The maximum Gasteiger partial charge on any atom is 0.233 e. The first-order valence-electron chi connectivity index (χ1n) is 6.66. The average molecular weight is 358 g/mol. The van der Waals surface area contributed by atoms with Crippen LogP contribution >= 0.6 is 34.9 Å². The SMILES string of the molecule is CCSc1nnc(SCC(=O)N(C)Cc2ccc(F)cc2)s1. The molecule has 0 spiro atoms. The van der Waals surface area contributed by atoms with Crippen LogP contribution in [0.5, 0.6) is 0 Å². The zero-order valence-corrected chi connectivity index (χ0v) is 14.7. The maximum atomic E-state index is 12.9. The molecule has 1 heterocycles. The van der Waals surface area contributed by atoms with Crippen molar-refractivity contribution >= 4 is 40.8 Å². The lowest BCUT2D eigenvalue weighted by atomic mass is 10.2. The van der Waals surface area contributed by atoms with Crippen LogP contribution in [0, 0.1) is 5.82 Å². The summed E-state index contributed by atoms with van der Waals surface area (Å²) in [5, 5.41) is 8.11. The zero-order chi connectivity index (χ0) is 15.9. The molecule has 0 saturated heterocycles. The van der Waals surface area contributed by atoms with Crippen molar-refractivity contribution in [1.82, 2.24) is 15.1 Å². The Morgan fingerprint density at radius 3 is 2.50 bits per heavy atom. The van der Waals surface area contributed by atoms with Crippen molar-refractivity contribution in [3.8, 4) is 0 Å². The largest absolute Gasteiger partial charge is 0.341 e. The number of aromatic nitrogens is 2. The predicted molar refractivity (Wildman–Crippen MR) is 89.9 cm³/mol. The molecule has 1 aromatic heterocycles. The van der Waals surface area contributed by atoms with Gasteiger partial charge in [-0.1, -0.05) is 53.9 Å². The molecule has 1 amide bonds. The van der Waals surface area contributed by atoms with E-state index in [0.29, 0.717) is 12.3 Å². The Morgan fingerprint density at radius 1 is 1.23 bits per heavy atom. The van der Waals surface area contributed by atoms with E-state index in [2.05, 4.69) is 17.1 Å². The van der Waals surface area contributed by atoms with Crippen LogP contribution in [0.2, 0.25) is 0 Å². The molecular weight excluding hydrogens is 341 g/mol. The number of amides is 1. The second-order valence-electron chi connectivity index (χ2n) is 4.43. The van der Waals surface area contributed by atoms with E-state index in [-0.39, 0.29) is 11.7 Å². The summed E-state index contributed by atoms with van der Waals surface area (Å²) in [6.45, 7) is 2.53. The van der Waals surface area contributed by atoms with Gasteiger partial charge in [0.1, 0.15) is 5.82 Å². The first-order chi connectivity index (χ1) is 10.6. The normalized spacial score (nSPS) is 10.7. The molecule has 0 unspecified atom stereocenters. The number of carbonyl (C=O) groups is 1. The molecule has 0 aliphatic heterocycles. The van der Waals surface area contributed by atoms with Gasteiger partial charge in [-0.2, -0.15) is 0 Å². The molecule has 8 heteroatoms. The van der Waals surface area contributed by atoms with Gasteiger partial charge in [0.2, 0.25) is 5.91 Å². The van der Waals surface area contributed by atoms with Gasteiger partial charge in [0.25, 0.3) is 0 Å². The Morgan fingerprint density at radius 2 is 1.86 bits per heavy atom. The Balaban J connectivity index is 1.81. The molecule has 0 atom stereocenters. The summed E-state index contributed by atoms with van der Waals surface area (Å²) >= 11 is 4.55. The number of thioether (sulfide) groups is 2. The van der Waals surface area contributed by atoms with Gasteiger partial charge in [-0.25, -0.2) is 4.39 Å². The minimum Gasteiger partial charge on any atom is -0.341 e. The van der Waals surface area contributed by atoms with Crippen LogP contribution in [0.4, 0.5) is 4.39 Å². The number of rotatable bonds is 7. The fourth-order valence-electron chi connectivity index (χ4n) is 1.62. The van der Waals surface area contributed by atoms with E-state index in [4.69, 9.17) is 0 Å². The van der Waals surface area contributed by atoms with Crippen molar-refractivity contribution in [3.63, 3.8) is 0 Å². The van der Waals surface area contributed by atoms with Crippen molar-refractivity contribution in [2.24, 2.45) is 0 Å². The number of nitrogens with zero attached hydrogens (tertiary/aromatic N) is 3. The summed E-state index contributed by atoms with van der Waals surface area (Å²) in [5.41, 5.74) is 0.903. The highest BCUT2D eigenvalue weighted by atomic mass is 32.2. The van der Waals surface area contributed by atoms with Gasteiger partial charge in [0.15, 0.2) is 8.68 Å². The minimum absolute atomic E-state index is 0.00854. The van der Waals surface area contributed by atoms with Crippen LogP contribution in [0.25, 0.3) is 0 Å². The van der Waals surface area contributed by atoms with Gasteiger partial charge in [-0.3, -0.25) is 4.79 Å². The molecule has 0 radical (unpaired) electrons. The number of halogens is 1. The summed E-state index contributed by atoms with van der Waals surface area (Å²) in [4.78, 5) is 13.7. The molecule has 0 aliphatic rings. The summed E-state index contributed by atoms with van der Waals surface area (Å²) in [5.74, 6) is 1.02. The average Bonchev–Trinajstić information content (AvgIpc) is 2.95. The highest BCUT2D eigenvalue weighted by Gasteiger charge is 2.12. The van der Waals surface area contributed by atoms with Crippen molar-refractivity contribution in [2.45, 2.75) is 22.1 Å². The molecule has 0 fully saturated rings. The highest BCUT2D eigenvalue weighted by molar-refractivity contribution is 8.03. The van der Waals surface area contributed by atoms with Crippen LogP contribution in [0.1, 0.15) is 12.5 Å². The van der Waals surface area contributed by atoms with Gasteiger partial charge >= 0.3 is 0 Å². The number of hydrogen-bond donors (Lipinski definition) is 0. The van der Waals surface area contributed by atoms with Crippen LogP contribution in [-0.2, 0) is 11.3 Å². The molecular formula is C14H16FN3OS3. The van der Waals surface area contributed by atoms with Crippen LogP contribution < -0.4 is 0 Å². The van der Waals surface area contributed by atoms with Crippen molar-refractivity contribution in [2.75, 3.05) is 18.6 Å². The molecule has 2 rings (SSSR count). The van der Waals surface area contributed by atoms with Crippen molar-refractivity contribution in [1.29, 1.82) is 0 Å². The third-order valence-electron chi connectivity index (χ3n) is 2.73. The van der Waals surface area contributed by atoms with Crippen LogP contribution in [0.3, 0.4) is 0 Å². The predicted octanol–water partition coefficient (Wildman–Crippen LogP) is 3.54. The summed E-state index contributed by atoms with van der Waals surface area (Å²) in [6, 6.07) is 6.17. The third kappa shape index (κ3) is 5.26. The first kappa shape index (κ1) is 17.2. The second-order valence-corrected chi connectivity index (χ2v) is 8.14. The molecule has 0 saturated carbocycles. The van der Waals surface area contributed by atoms with E-state index in [1.165, 1.54) is 35.2 Å². The van der Waals surface area contributed by atoms with Gasteiger partial charge in [0.05, 0.1) is 5.75 Å². The fourth-order valence-corrected chi connectivity index (χ4v) is 4.48. The topological polar surface area (TPSA) is 46.1 Å². The summed E-state index contributed by atoms with van der Waals surface area (Å²) < 4.78 is 14.6. The monoisotopic (exact) mass is 357 g/mol. The van der Waals surface area contributed by atoms with Crippen LogP contribution in [0.15, 0.2) is 32.9 Å². The Kier molecular flexibility index (Phi) is 6.66. The standard InChI is InChI=1S/C14H16FN3OS3/c1-3-20-13-16-17-14(22-13)21-9-12(19)18(2)8-10-4-6-11(15)7-5-10/h4-7H,3,8-9H2,1-2H3. The maximum absolute atomic E-state index is 12.9. The summed E-state index contributed by atoms with van der Waals surface area (Å²) in [7, 11) is 1.74. The second kappa shape index (κ2) is 8.50. The lowest BCUT2D eigenvalue weighted by Crippen LogP contribution is -2.27. The van der Waals surface area contributed by atoms with E-state index in [0.717, 1.165) is 20.0 Å². The van der Waals surface area contributed by atoms with E-state index in [9.17, 15) is 9.18 Å². The quantitative estimate of drug-likeness (QED) is 0.709. The smallest absolute Gasteiger partial charge is 0.233 e. The molecule has 118 valence electrons.